The summed E-state index contributed by atoms with van der Waals surface area (Å²) < 4.78 is 1.04. The topological polar surface area (TPSA) is 55.1 Å². The van der Waals surface area contributed by atoms with E-state index in [0.717, 1.165) is 14.2 Å². The van der Waals surface area contributed by atoms with Gasteiger partial charge in [0.1, 0.15) is 0 Å². The Balaban J connectivity index is 0.00000264. The number of carbonyl (C=O) groups is 1. The summed E-state index contributed by atoms with van der Waals surface area (Å²) >= 11 is 4.97. The number of hydrogen-bond donors (Lipinski definition) is 2. The van der Waals surface area contributed by atoms with Crippen molar-refractivity contribution in [2.75, 3.05) is 6.54 Å². The number of thiophene rings is 1. The maximum atomic E-state index is 11.9. The van der Waals surface area contributed by atoms with Crippen LogP contribution in [0.15, 0.2) is 40.2 Å². The Hall–Kier alpha value is -0.880. The molecule has 0 saturated carbocycles. The summed E-state index contributed by atoms with van der Waals surface area (Å²) in [5, 5.41) is 2.90. The van der Waals surface area contributed by atoms with Crippen molar-refractivity contribution in [3.63, 3.8) is 0 Å². The molecule has 6 heteroatoms. The molecule has 2 aromatic rings. The van der Waals surface area contributed by atoms with Gasteiger partial charge in [-0.05, 0) is 45.1 Å². The van der Waals surface area contributed by atoms with Crippen molar-refractivity contribution in [3.8, 4) is 0 Å². The molecule has 0 spiro atoms. The lowest BCUT2D eigenvalue weighted by Crippen LogP contribution is -2.32. The molecule has 126 valence electrons. The van der Waals surface area contributed by atoms with Gasteiger partial charge in [0.15, 0.2) is 0 Å². The highest BCUT2D eigenvalue weighted by molar-refractivity contribution is 9.11. The standard InChI is InChI=1S/C17H21BrN2OS.ClH/c1-11(2)12-3-5-13(6-4-12)15(19)10-20-17(21)9-14-7-8-16(18)22-14;/h3-8,11,15H,9-10,19H2,1-2H3,(H,20,21);1H. The molecule has 1 unspecified atom stereocenters. The molecule has 1 aromatic carbocycles. The Labute approximate surface area is 156 Å². The summed E-state index contributed by atoms with van der Waals surface area (Å²) in [4.78, 5) is 13.0. The highest BCUT2D eigenvalue weighted by Gasteiger charge is 2.10. The van der Waals surface area contributed by atoms with Gasteiger partial charge in [0.25, 0.3) is 0 Å². The zero-order chi connectivity index (χ0) is 16.1. The molecule has 1 aromatic heterocycles. The van der Waals surface area contributed by atoms with E-state index >= 15 is 0 Å². The second-order valence-corrected chi connectivity index (χ2v) is 8.16. The summed E-state index contributed by atoms with van der Waals surface area (Å²) in [6.07, 6.45) is 0.398. The number of nitrogens with one attached hydrogen (secondary N) is 1. The third kappa shape index (κ3) is 6.26. The molecule has 1 atom stereocenters. The van der Waals surface area contributed by atoms with E-state index in [1.807, 2.05) is 24.3 Å². The van der Waals surface area contributed by atoms with Gasteiger partial charge in [-0.1, -0.05) is 38.1 Å². The van der Waals surface area contributed by atoms with Crippen LogP contribution in [0.5, 0.6) is 0 Å². The number of hydrogen-bond acceptors (Lipinski definition) is 3. The molecule has 0 fully saturated rings. The van der Waals surface area contributed by atoms with Crippen LogP contribution < -0.4 is 11.1 Å². The van der Waals surface area contributed by atoms with Crippen LogP contribution in [0.1, 0.15) is 41.8 Å². The molecule has 3 nitrogen and oxygen atoms in total. The van der Waals surface area contributed by atoms with Crippen LogP contribution in [0.25, 0.3) is 0 Å². The van der Waals surface area contributed by atoms with Gasteiger partial charge >= 0.3 is 0 Å². The SMILES string of the molecule is CC(C)c1ccc(C(N)CNC(=O)Cc2ccc(Br)s2)cc1.Cl. The minimum Gasteiger partial charge on any atom is -0.354 e. The van der Waals surface area contributed by atoms with E-state index in [1.54, 1.807) is 11.3 Å². The number of nitrogens with two attached hydrogens (primary N) is 1. The molecule has 0 bridgehead atoms. The third-order valence-electron chi connectivity index (χ3n) is 3.51. The average molecular weight is 418 g/mol. The lowest BCUT2D eigenvalue weighted by Gasteiger charge is -2.14. The minimum atomic E-state index is -0.180. The van der Waals surface area contributed by atoms with Gasteiger partial charge in [-0.15, -0.1) is 23.7 Å². The van der Waals surface area contributed by atoms with E-state index < -0.39 is 0 Å². The largest absolute Gasteiger partial charge is 0.354 e. The van der Waals surface area contributed by atoms with Gasteiger partial charge in [-0.2, -0.15) is 0 Å². The monoisotopic (exact) mass is 416 g/mol. The molecule has 2 rings (SSSR count). The van der Waals surface area contributed by atoms with E-state index in [1.165, 1.54) is 5.56 Å². The second-order valence-electron chi connectivity index (χ2n) is 5.61. The highest BCUT2D eigenvalue weighted by Crippen LogP contribution is 2.22. The maximum absolute atomic E-state index is 11.9. The van der Waals surface area contributed by atoms with Crippen molar-refractivity contribution in [3.05, 3.63) is 56.2 Å². The Morgan fingerprint density at radius 3 is 2.30 bits per heavy atom. The molecule has 0 aliphatic carbocycles. The van der Waals surface area contributed by atoms with Gasteiger partial charge in [0, 0.05) is 17.5 Å². The van der Waals surface area contributed by atoms with Crippen molar-refractivity contribution in [2.24, 2.45) is 5.73 Å². The number of carbonyl (C=O) groups excluding carboxylic acids is 1. The van der Waals surface area contributed by atoms with E-state index in [9.17, 15) is 4.79 Å². The van der Waals surface area contributed by atoms with Gasteiger partial charge in [-0.3, -0.25) is 4.79 Å². The van der Waals surface area contributed by atoms with Gasteiger partial charge in [-0.25, -0.2) is 0 Å². The van der Waals surface area contributed by atoms with Crippen molar-refractivity contribution >= 4 is 45.6 Å². The normalized spacial score (nSPS) is 11.9. The Morgan fingerprint density at radius 2 is 1.78 bits per heavy atom. The van der Waals surface area contributed by atoms with Crippen LogP contribution in [0.3, 0.4) is 0 Å². The predicted octanol–water partition coefficient (Wildman–Crippen LogP) is 4.41. The van der Waals surface area contributed by atoms with Crippen LogP contribution in [0, 0.1) is 0 Å². The fourth-order valence-corrected chi connectivity index (χ4v) is 3.62. The van der Waals surface area contributed by atoms with E-state index in [-0.39, 0.29) is 24.4 Å². The van der Waals surface area contributed by atoms with Crippen molar-refractivity contribution < 1.29 is 4.79 Å². The smallest absolute Gasteiger partial charge is 0.225 e. The number of halogens is 2. The van der Waals surface area contributed by atoms with Crippen molar-refractivity contribution in [1.29, 1.82) is 0 Å². The fraction of sp³-hybridized carbons (Fsp3) is 0.353. The fourth-order valence-electron chi connectivity index (χ4n) is 2.14. The molecular formula is C17H22BrClN2OS. The number of benzene rings is 1. The predicted molar refractivity (Wildman–Crippen MR) is 103 cm³/mol. The summed E-state index contributed by atoms with van der Waals surface area (Å²) in [6.45, 7) is 4.78. The molecule has 0 saturated heterocycles. The van der Waals surface area contributed by atoms with Crippen molar-refractivity contribution in [2.45, 2.75) is 32.2 Å². The average Bonchev–Trinajstić information content (AvgIpc) is 2.90. The van der Waals surface area contributed by atoms with Crippen LogP contribution in [0.4, 0.5) is 0 Å². The first-order chi connectivity index (χ1) is 10.5. The molecule has 0 aliphatic rings. The van der Waals surface area contributed by atoms with E-state index in [0.29, 0.717) is 18.9 Å². The lowest BCUT2D eigenvalue weighted by atomic mass is 9.99. The van der Waals surface area contributed by atoms with Gasteiger partial charge < -0.3 is 11.1 Å². The Morgan fingerprint density at radius 1 is 1.17 bits per heavy atom. The van der Waals surface area contributed by atoms with Gasteiger partial charge in [0.05, 0.1) is 10.2 Å². The molecule has 1 amide bonds. The summed E-state index contributed by atoms with van der Waals surface area (Å²) in [6, 6.07) is 12.0. The van der Waals surface area contributed by atoms with Crippen LogP contribution >= 0.6 is 39.7 Å². The minimum absolute atomic E-state index is 0. The van der Waals surface area contributed by atoms with Crippen LogP contribution in [0.2, 0.25) is 0 Å². The molecule has 3 N–H and O–H groups in total. The molecule has 0 radical (unpaired) electrons. The zero-order valence-electron chi connectivity index (χ0n) is 13.2. The second kappa shape index (κ2) is 9.42. The first-order valence-electron chi connectivity index (χ1n) is 7.32. The highest BCUT2D eigenvalue weighted by atomic mass is 79.9. The van der Waals surface area contributed by atoms with Gasteiger partial charge in [0.2, 0.25) is 5.91 Å². The molecule has 0 aliphatic heterocycles. The summed E-state index contributed by atoms with van der Waals surface area (Å²) in [7, 11) is 0. The van der Waals surface area contributed by atoms with E-state index in [4.69, 9.17) is 5.73 Å². The zero-order valence-corrected chi connectivity index (χ0v) is 16.4. The molecule has 23 heavy (non-hydrogen) atoms. The molecule has 1 heterocycles. The summed E-state index contributed by atoms with van der Waals surface area (Å²) in [5.74, 6) is 0.513. The molecular weight excluding hydrogens is 396 g/mol. The van der Waals surface area contributed by atoms with Crippen molar-refractivity contribution in [1.82, 2.24) is 5.32 Å². The Kier molecular flexibility index (Phi) is 8.26. The first-order valence-corrected chi connectivity index (χ1v) is 8.93. The van der Waals surface area contributed by atoms with Crippen LogP contribution in [-0.2, 0) is 11.2 Å². The van der Waals surface area contributed by atoms with E-state index in [2.05, 4.69) is 47.2 Å². The number of rotatable bonds is 6. The third-order valence-corrected chi connectivity index (χ3v) is 5.14. The lowest BCUT2D eigenvalue weighted by molar-refractivity contribution is -0.120. The quantitative estimate of drug-likeness (QED) is 0.731. The van der Waals surface area contributed by atoms with Crippen LogP contribution in [-0.4, -0.2) is 12.5 Å². The Bertz CT molecular complexity index is 628. The number of amides is 1. The first kappa shape index (κ1) is 20.2. The summed E-state index contributed by atoms with van der Waals surface area (Å²) in [5.41, 5.74) is 8.49. The maximum Gasteiger partial charge on any atom is 0.225 e.